The molecule has 0 radical (unpaired) electrons. The number of imidazole rings is 1. The molecule has 1 amide bonds. The Morgan fingerprint density at radius 1 is 1.35 bits per heavy atom. The smallest absolute Gasteiger partial charge is 0.245 e. The number of aromatic nitrogens is 2. The molecule has 2 aromatic rings. The molecule has 0 spiro atoms. The van der Waals surface area contributed by atoms with Gasteiger partial charge in [0.1, 0.15) is 11.9 Å². The Morgan fingerprint density at radius 3 is 2.91 bits per heavy atom. The molecule has 0 saturated carbocycles. The van der Waals surface area contributed by atoms with Crippen molar-refractivity contribution in [3.8, 4) is 0 Å². The van der Waals surface area contributed by atoms with Crippen molar-refractivity contribution in [1.82, 2.24) is 19.4 Å². The summed E-state index contributed by atoms with van der Waals surface area (Å²) in [6.07, 6.45) is 4.68. The topological polar surface area (TPSA) is 41.4 Å². The number of carbonyl (C=O) groups is 1. The van der Waals surface area contributed by atoms with E-state index in [1.807, 2.05) is 29.5 Å². The minimum Gasteiger partial charge on any atom is -0.340 e. The Bertz CT molecular complexity index is 637. The van der Waals surface area contributed by atoms with Crippen molar-refractivity contribution < 1.29 is 4.79 Å². The largest absolute Gasteiger partial charge is 0.340 e. The molecule has 3 heterocycles. The summed E-state index contributed by atoms with van der Waals surface area (Å²) in [5.41, 5.74) is 0. The maximum Gasteiger partial charge on any atom is 0.245 e. The van der Waals surface area contributed by atoms with E-state index >= 15 is 0 Å². The number of hydrogen-bond acceptors (Lipinski definition) is 4. The molecule has 1 atom stereocenters. The van der Waals surface area contributed by atoms with Gasteiger partial charge in [0.05, 0.1) is 0 Å². The van der Waals surface area contributed by atoms with Gasteiger partial charge in [-0.05, 0) is 31.7 Å². The lowest BCUT2D eigenvalue weighted by Crippen LogP contribution is -2.39. The van der Waals surface area contributed by atoms with E-state index in [9.17, 15) is 4.79 Å². The molecule has 2 aromatic heterocycles. The summed E-state index contributed by atoms with van der Waals surface area (Å²) in [6, 6.07) is 4.10. The fraction of sp³-hybridized carbons (Fsp3) is 0.529. The molecular weight excluding hydrogens is 308 g/mol. The highest BCUT2D eigenvalue weighted by Crippen LogP contribution is 2.17. The van der Waals surface area contributed by atoms with Crippen molar-refractivity contribution >= 4 is 17.2 Å². The van der Waals surface area contributed by atoms with Gasteiger partial charge >= 0.3 is 0 Å². The average molecular weight is 332 g/mol. The Kier molecular flexibility index (Phi) is 5.13. The van der Waals surface area contributed by atoms with Crippen molar-refractivity contribution in [3.63, 3.8) is 0 Å². The van der Waals surface area contributed by atoms with E-state index in [0.29, 0.717) is 0 Å². The highest BCUT2D eigenvalue weighted by atomic mass is 32.1. The van der Waals surface area contributed by atoms with Crippen LogP contribution in [0.5, 0.6) is 0 Å². The van der Waals surface area contributed by atoms with Gasteiger partial charge in [-0.3, -0.25) is 9.69 Å². The highest BCUT2D eigenvalue weighted by molar-refractivity contribution is 7.09. The number of carbonyl (C=O) groups excluding carboxylic acids is 1. The molecule has 124 valence electrons. The first-order valence-corrected chi connectivity index (χ1v) is 9.06. The standard InChI is InChI=1S/C17H24N4OS/c1-14(21-9-6-18-15(21)2)17(22)20-8-4-7-19(10-11-20)13-16-5-3-12-23-16/h3,5-6,9,12,14H,4,7-8,10-11,13H2,1-2H3/t14-/m1/s1. The van der Waals surface area contributed by atoms with Crippen LogP contribution in [0, 0.1) is 6.92 Å². The molecule has 0 aromatic carbocycles. The van der Waals surface area contributed by atoms with Gasteiger partial charge in [0.2, 0.25) is 5.91 Å². The molecule has 1 fully saturated rings. The number of rotatable bonds is 4. The van der Waals surface area contributed by atoms with Crippen molar-refractivity contribution in [2.45, 2.75) is 32.9 Å². The summed E-state index contributed by atoms with van der Waals surface area (Å²) < 4.78 is 1.96. The molecule has 0 aliphatic carbocycles. The predicted octanol–water partition coefficient (Wildman–Crippen LogP) is 2.55. The maximum atomic E-state index is 12.8. The summed E-state index contributed by atoms with van der Waals surface area (Å²) >= 11 is 1.80. The number of thiophene rings is 1. The van der Waals surface area contributed by atoms with E-state index in [4.69, 9.17) is 0 Å². The fourth-order valence-electron chi connectivity index (χ4n) is 3.15. The zero-order chi connectivity index (χ0) is 16.2. The predicted molar refractivity (Wildman–Crippen MR) is 92.5 cm³/mol. The lowest BCUT2D eigenvalue weighted by molar-refractivity contribution is -0.134. The number of aryl methyl sites for hydroxylation is 1. The lowest BCUT2D eigenvalue weighted by Gasteiger charge is -2.25. The highest BCUT2D eigenvalue weighted by Gasteiger charge is 2.25. The first-order valence-electron chi connectivity index (χ1n) is 8.18. The molecule has 0 unspecified atom stereocenters. The quantitative estimate of drug-likeness (QED) is 0.864. The van der Waals surface area contributed by atoms with Crippen LogP contribution in [0.2, 0.25) is 0 Å². The van der Waals surface area contributed by atoms with E-state index in [1.165, 1.54) is 4.88 Å². The molecule has 0 N–H and O–H groups in total. The monoisotopic (exact) mass is 332 g/mol. The molecule has 3 rings (SSSR count). The average Bonchev–Trinajstić information content (AvgIpc) is 3.14. The summed E-state index contributed by atoms with van der Waals surface area (Å²) in [6.45, 7) is 8.55. The third-order valence-electron chi connectivity index (χ3n) is 4.50. The Morgan fingerprint density at radius 2 is 2.22 bits per heavy atom. The van der Waals surface area contributed by atoms with Crippen LogP contribution in [0.3, 0.4) is 0 Å². The Balaban J connectivity index is 1.59. The Labute approximate surface area is 141 Å². The van der Waals surface area contributed by atoms with Crippen molar-refractivity contribution in [3.05, 3.63) is 40.6 Å². The van der Waals surface area contributed by atoms with E-state index in [2.05, 4.69) is 27.4 Å². The second-order valence-electron chi connectivity index (χ2n) is 6.09. The van der Waals surface area contributed by atoms with Gasteiger partial charge in [-0.15, -0.1) is 11.3 Å². The molecule has 1 aliphatic heterocycles. The van der Waals surface area contributed by atoms with Crippen LogP contribution in [0.25, 0.3) is 0 Å². The molecule has 23 heavy (non-hydrogen) atoms. The van der Waals surface area contributed by atoms with Crippen LogP contribution >= 0.6 is 11.3 Å². The molecule has 6 heteroatoms. The minimum atomic E-state index is -0.179. The zero-order valence-electron chi connectivity index (χ0n) is 13.8. The minimum absolute atomic E-state index is 0.179. The van der Waals surface area contributed by atoms with Gasteiger partial charge in [0.15, 0.2) is 0 Å². The zero-order valence-corrected chi connectivity index (χ0v) is 14.6. The first-order chi connectivity index (χ1) is 11.1. The number of amides is 1. The second-order valence-corrected chi connectivity index (χ2v) is 7.12. The summed E-state index contributed by atoms with van der Waals surface area (Å²) in [7, 11) is 0. The van der Waals surface area contributed by atoms with Gasteiger partial charge in [0, 0.05) is 50.0 Å². The van der Waals surface area contributed by atoms with Crippen LogP contribution in [0.1, 0.15) is 30.1 Å². The van der Waals surface area contributed by atoms with E-state index in [0.717, 1.165) is 45.0 Å². The van der Waals surface area contributed by atoms with Gasteiger partial charge in [0.25, 0.3) is 0 Å². The van der Waals surface area contributed by atoms with Crippen molar-refractivity contribution in [2.24, 2.45) is 0 Å². The van der Waals surface area contributed by atoms with Crippen LogP contribution < -0.4 is 0 Å². The summed E-state index contributed by atoms with van der Waals surface area (Å²) in [5, 5.41) is 2.12. The van der Waals surface area contributed by atoms with Crippen LogP contribution in [-0.4, -0.2) is 51.4 Å². The summed E-state index contributed by atoms with van der Waals surface area (Å²) in [4.78, 5) is 22.9. The van der Waals surface area contributed by atoms with Gasteiger partial charge in [-0.25, -0.2) is 4.98 Å². The van der Waals surface area contributed by atoms with Crippen LogP contribution in [0.4, 0.5) is 0 Å². The third kappa shape index (κ3) is 3.82. The van der Waals surface area contributed by atoms with Crippen LogP contribution in [0.15, 0.2) is 29.9 Å². The van der Waals surface area contributed by atoms with E-state index in [-0.39, 0.29) is 11.9 Å². The first kappa shape index (κ1) is 16.2. The fourth-order valence-corrected chi connectivity index (χ4v) is 3.90. The van der Waals surface area contributed by atoms with E-state index in [1.54, 1.807) is 17.5 Å². The number of nitrogens with zero attached hydrogens (tertiary/aromatic N) is 4. The van der Waals surface area contributed by atoms with Gasteiger partial charge in [-0.2, -0.15) is 0 Å². The van der Waals surface area contributed by atoms with Gasteiger partial charge < -0.3 is 9.47 Å². The summed E-state index contributed by atoms with van der Waals surface area (Å²) in [5.74, 6) is 1.09. The van der Waals surface area contributed by atoms with E-state index < -0.39 is 0 Å². The van der Waals surface area contributed by atoms with Crippen molar-refractivity contribution in [2.75, 3.05) is 26.2 Å². The molecule has 1 saturated heterocycles. The van der Waals surface area contributed by atoms with Gasteiger partial charge in [-0.1, -0.05) is 6.07 Å². The number of hydrogen-bond donors (Lipinski definition) is 0. The SMILES string of the molecule is Cc1nccn1[C@H](C)C(=O)N1CCCN(Cc2cccs2)CC1. The molecule has 1 aliphatic rings. The normalized spacial score (nSPS) is 17.9. The molecule has 0 bridgehead atoms. The van der Waals surface area contributed by atoms with Crippen LogP contribution in [-0.2, 0) is 11.3 Å². The lowest BCUT2D eigenvalue weighted by atomic mass is 10.2. The molecular formula is C17H24N4OS. The maximum absolute atomic E-state index is 12.8. The second kappa shape index (κ2) is 7.27. The van der Waals surface area contributed by atoms with Crippen molar-refractivity contribution in [1.29, 1.82) is 0 Å². The Hall–Kier alpha value is -1.66. The third-order valence-corrected chi connectivity index (χ3v) is 5.36. The molecule has 5 nitrogen and oxygen atoms in total.